The maximum atomic E-state index is 13.3. The average molecular weight is 231 g/mol. The molecule has 0 radical (unpaired) electrons. The SMILES string of the molecule is FC1(F)CCC(F)(CBr)CC1. The summed E-state index contributed by atoms with van der Waals surface area (Å²) >= 11 is 2.98. The van der Waals surface area contributed by atoms with Gasteiger partial charge in [0.05, 0.1) is 0 Å². The summed E-state index contributed by atoms with van der Waals surface area (Å²) in [6, 6.07) is 0. The molecule has 0 amide bonds. The largest absolute Gasteiger partial charge is 0.248 e. The van der Waals surface area contributed by atoms with Crippen LogP contribution in [0.4, 0.5) is 13.2 Å². The minimum absolute atomic E-state index is 0.0226. The van der Waals surface area contributed by atoms with Gasteiger partial charge in [-0.15, -0.1) is 0 Å². The van der Waals surface area contributed by atoms with Gasteiger partial charge in [0.15, 0.2) is 0 Å². The molecule has 0 saturated heterocycles. The molecule has 0 nitrogen and oxygen atoms in total. The highest BCUT2D eigenvalue weighted by molar-refractivity contribution is 9.09. The summed E-state index contributed by atoms with van der Waals surface area (Å²) in [5.41, 5.74) is -1.39. The third-order valence-electron chi connectivity index (χ3n) is 2.12. The van der Waals surface area contributed by atoms with Crippen LogP contribution in [0.25, 0.3) is 0 Å². The molecule has 66 valence electrons. The second-order valence-corrected chi connectivity index (χ2v) is 3.70. The Morgan fingerprint density at radius 1 is 1.00 bits per heavy atom. The highest BCUT2D eigenvalue weighted by Crippen LogP contribution is 2.41. The summed E-state index contributed by atoms with van der Waals surface area (Å²) in [4.78, 5) is 0. The van der Waals surface area contributed by atoms with E-state index < -0.39 is 11.6 Å². The predicted octanol–water partition coefficient (Wildman–Crippen LogP) is 3.30. The molecule has 0 N–H and O–H groups in total. The molecule has 0 aliphatic heterocycles. The van der Waals surface area contributed by atoms with Crippen LogP contribution in [0.2, 0.25) is 0 Å². The maximum Gasteiger partial charge on any atom is 0.248 e. The van der Waals surface area contributed by atoms with Crippen LogP contribution >= 0.6 is 15.9 Å². The topological polar surface area (TPSA) is 0 Å². The lowest BCUT2D eigenvalue weighted by Crippen LogP contribution is -2.36. The van der Waals surface area contributed by atoms with Gasteiger partial charge < -0.3 is 0 Å². The molecule has 4 heteroatoms. The standard InChI is InChI=1S/C7H10BrF3/c8-5-6(9)1-3-7(10,11)4-2-6/h1-5H2. The Labute approximate surface area is 72.3 Å². The van der Waals surface area contributed by atoms with Gasteiger partial charge in [0, 0.05) is 18.2 Å². The molecule has 0 aromatic heterocycles. The van der Waals surface area contributed by atoms with E-state index in [2.05, 4.69) is 15.9 Å². The zero-order chi connectivity index (χ0) is 8.54. The van der Waals surface area contributed by atoms with Crippen molar-refractivity contribution in [1.82, 2.24) is 0 Å². The summed E-state index contributed by atoms with van der Waals surface area (Å²) < 4.78 is 38.3. The van der Waals surface area contributed by atoms with Crippen LogP contribution in [0.3, 0.4) is 0 Å². The lowest BCUT2D eigenvalue weighted by Gasteiger charge is -2.32. The molecule has 0 unspecified atom stereocenters. The van der Waals surface area contributed by atoms with E-state index >= 15 is 0 Å². The molecule has 1 fully saturated rings. The summed E-state index contributed by atoms with van der Waals surface area (Å²) in [6.45, 7) is 0. The monoisotopic (exact) mass is 230 g/mol. The first-order valence-electron chi connectivity index (χ1n) is 3.60. The molecule has 0 heterocycles. The number of alkyl halides is 4. The van der Waals surface area contributed by atoms with E-state index in [9.17, 15) is 13.2 Å². The number of hydrogen-bond acceptors (Lipinski definition) is 0. The molecule has 11 heavy (non-hydrogen) atoms. The van der Waals surface area contributed by atoms with E-state index in [1.54, 1.807) is 0 Å². The van der Waals surface area contributed by atoms with Gasteiger partial charge in [-0.3, -0.25) is 0 Å². The molecule has 1 aliphatic rings. The Morgan fingerprint density at radius 2 is 1.45 bits per heavy atom. The highest BCUT2D eigenvalue weighted by Gasteiger charge is 2.42. The molecule has 0 bridgehead atoms. The van der Waals surface area contributed by atoms with Crippen molar-refractivity contribution in [3.63, 3.8) is 0 Å². The Balaban J connectivity index is 2.48. The van der Waals surface area contributed by atoms with Crippen molar-refractivity contribution in [2.45, 2.75) is 37.3 Å². The molecular weight excluding hydrogens is 221 g/mol. The van der Waals surface area contributed by atoms with Crippen molar-refractivity contribution >= 4 is 15.9 Å². The quantitative estimate of drug-likeness (QED) is 0.607. The van der Waals surface area contributed by atoms with E-state index in [1.807, 2.05) is 0 Å². The number of hydrogen-bond donors (Lipinski definition) is 0. The van der Waals surface area contributed by atoms with E-state index in [1.165, 1.54) is 0 Å². The second-order valence-electron chi connectivity index (χ2n) is 3.14. The van der Waals surface area contributed by atoms with Crippen LogP contribution in [0, 0.1) is 0 Å². The average Bonchev–Trinajstić information content (AvgIpc) is 1.97. The van der Waals surface area contributed by atoms with Crippen molar-refractivity contribution in [2.75, 3.05) is 5.33 Å². The second kappa shape index (κ2) is 2.96. The van der Waals surface area contributed by atoms with E-state index in [0.29, 0.717) is 0 Å². The van der Waals surface area contributed by atoms with Crippen LogP contribution in [-0.2, 0) is 0 Å². The van der Waals surface area contributed by atoms with Gasteiger partial charge in [-0.05, 0) is 12.8 Å². The number of rotatable bonds is 1. The van der Waals surface area contributed by atoms with Crippen LogP contribution in [0.15, 0.2) is 0 Å². The molecule has 0 spiro atoms. The summed E-state index contributed by atoms with van der Waals surface area (Å²) in [6.07, 6.45) is -0.666. The van der Waals surface area contributed by atoms with Crippen LogP contribution in [0.5, 0.6) is 0 Å². The fourth-order valence-electron chi connectivity index (χ4n) is 1.20. The highest BCUT2D eigenvalue weighted by atomic mass is 79.9. The third kappa shape index (κ3) is 2.36. The summed E-state index contributed by atoms with van der Waals surface area (Å²) in [5, 5.41) is 0.177. The number of halogens is 4. The van der Waals surface area contributed by atoms with E-state index in [0.717, 1.165) is 0 Å². The molecule has 0 aromatic rings. The smallest absolute Gasteiger partial charge is 0.243 e. The van der Waals surface area contributed by atoms with Crippen molar-refractivity contribution in [3.8, 4) is 0 Å². The predicted molar refractivity (Wildman–Crippen MR) is 41.0 cm³/mol. The van der Waals surface area contributed by atoms with Crippen molar-refractivity contribution in [2.24, 2.45) is 0 Å². The molecule has 0 atom stereocenters. The summed E-state index contributed by atoms with van der Waals surface area (Å²) in [7, 11) is 0. The fourth-order valence-corrected chi connectivity index (χ4v) is 1.76. The Hall–Kier alpha value is 0.270. The van der Waals surface area contributed by atoms with Crippen molar-refractivity contribution in [3.05, 3.63) is 0 Å². The first-order valence-corrected chi connectivity index (χ1v) is 4.72. The van der Waals surface area contributed by atoms with Crippen LogP contribution in [-0.4, -0.2) is 16.9 Å². The van der Waals surface area contributed by atoms with Gasteiger partial charge in [-0.1, -0.05) is 15.9 Å². The molecular formula is C7H10BrF3. The van der Waals surface area contributed by atoms with Crippen molar-refractivity contribution in [1.29, 1.82) is 0 Å². The van der Waals surface area contributed by atoms with Gasteiger partial charge >= 0.3 is 0 Å². The van der Waals surface area contributed by atoms with Gasteiger partial charge in [0.2, 0.25) is 5.92 Å². The van der Waals surface area contributed by atoms with Gasteiger partial charge in [0.1, 0.15) is 5.67 Å². The zero-order valence-electron chi connectivity index (χ0n) is 6.05. The zero-order valence-corrected chi connectivity index (χ0v) is 7.63. The Kier molecular flexibility index (Phi) is 2.52. The normalized spacial score (nSPS) is 28.4. The van der Waals surface area contributed by atoms with Gasteiger partial charge in [0.25, 0.3) is 0 Å². The van der Waals surface area contributed by atoms with Crippen LogP contribution < -0.4 is 0 Å². The van der Waals surface area contributed by atoms with E-state index in [-0.39, 0.29) is 31.0 Å². The third-order valence-corrected chi connectivity index (χ3v) is 3.12. The molecule has 1 aliphatic carbocycles. The molecule has 1 saturated carbocycles. The first-order chi connectivity index (χ1) is 4.97. The molecule has 0 aromatic carbocycles. The van der Waals surface area contributed by atoms with Crippen molar-refractivity contribution < 1.29 is 13.2 Å². The summed E-state index contributed by atoms with van der Waals surface area (Å²) in [5.74, 6) is -2.63. The lowest BCUT2D eigenvalue weighted by atomic mass is 9.86. The maximum absolute atomic E-state index is 13.3. The van der Waals surface area contributed by atoms with E-state index in [4.69, 9.17) is 0 Å². The van der Waals surface area contributed by atoms with Gasteiger partial charge in [-0.2, -0.15) is 0 Å². The minimum atomic E-state index is -2.63. The first kappa shape index (κ1) is 9.36. The Bertz CT molecular complexity index is 137. The molecule has 1 rings (SSSR count). The lowest BCUT2D eigenvalue weighted by molar-refractivity contribution is -0.0693. The Morgan fingerprint density at radius 3 is 1.82 bits per heavy atom. The fraction of sp³-hybridized carbons (Fsp3) is 1.00. The van der Waals surface area contributed by atoms with Gasteiger partial charge in [-0.25, -0.2) is 13.2 Å². The van der Waals surface area contributed by atoms with Crippen LogP contribution in [0.1, 0.15) is 25.7 Å². The minimum Gasteiger partial charge on any atom is -0.243 e.